The fraction of sp³-hybridized carbons (Fsp3) is 0. The second kappa shape index (κ2) is 3.20. The summed E-state index contributed by atoms with van der Waals surface area (Å²) in [4.78, 5) is 0. The summed E-state index contributed by atoms with van der Waals surface area (Å²) in [5.41, 5.74) is 0.919. The zero-order chi connectivity index (χ0) is 10.1. The third-order valence-electron chi connectivity index (χ3n) is 2.32. The van der Waals surface area contributed by atoms with E-state index in [1.165, 1.54) is 5.39 Å². The van der Waals surface area contributed by atoms with Gasteiger partial charge < -0.3 is 4.42 Å². The Morgan fingerprint density at radius 1 is 1.00 bits per heavy atom. The molecular formula is C12H7N2O. The first-order valence-electron chi connectivity index (χ1n) is 4.62. The Bertz CT molecular complexity index is 587. The normalized spacial score (nSPS) is 10.7. The third kappa shape index (κ3) is 1.38. The fourth-order valence-electron chi connectivity index (χ4n) is 1.59. The van der Waals surface area contributed by atoms with Crippen LogP contribution >= 0.6 is 0 Å². The van der Waals surface area contributed by atoms with Gasteiger partial charge in [-0.05, 0) is 22.9 Å². The number of fused-ring (bicyclic) bond motifs is 1. The minimum Gasteiger partial charge on any atom is -0.412 e. The van der Waals surface area contributed by atoms with Gasteiger partial charge in [0.05, 0.1) is 0 Å². The molecule has 15 heavy (non-hydrogen) atoms. The number of rotatable bonds is 1. The molecule has 3 nitrogen and oxygen atoms in total. The highest BCUT2D eigenvalue weighted by Gasteiger charge is 2.03. The van der Waals surface area contributed by atoms with Crippen molar-refractivity contribution < 1.29 is 4.42 Å². The van der Waals surface area contributed by atoms with E-state index in [-0.39, 0.29) is 0 Å². The molecule has 1 aromatic heterocycles. The van der Waals surface area contributed by atoms with E-state index in [2.05, 4.69) is 28.7 Å². The Labute approximate surface area is 86.4 Å². The minimum absolute atomic E-state index is 0.501. The molecule has 71 valence electrons. The van der Waals surface area contributed by atoms with E-state index in [1.54, 1.807) is 0 Å². The van der Waals surface area contributed by atoms with Gasteiger partial charge in [-0.1, -0.05) is 30.3 Å². The lowest BCUT2D eigenvalue weighted by Gasteiger charge is -1.98. The first-order chi connectivity index (χ1) is 7.43. The summed E-state index contributed by atoms with van der Waals surface area (Å²) in [7, 11) is 0. The van der Waals surface area contributed by atoms with E-state index < -0.39 is 0 Å². The van der Waals surface area contributed by atoms with Crippen molar-refractivity contribution in [1.29, 1.82) is 0 Å². The van der Waals surface area contributed by atoms with Gasteiger partial charge in [-0.2, -0.15) is 0 Å². The summed E-state index contributed by atoms with van der Waals surface area (Å²) >= 11 is 0. The van der Waals surface area contributed by atoms with Crippen LogP contribution in [0.3, 0.4) is 0 Å². The van der Waals surface area contributed by atoms with Crippen LogP contribution in [0, 0.1) is 6.39 Å². The Morgan fingerprint density at radius 3 is 2.67 bits per heavy atom. The molecule has 0 aliphatic carbocycles. The van der Waals surface area contributed by atoms with Gasteiger partial charge in [0, 0.05) is 5.56 Å². The van der Waals surface area contributed by atoms with Crippen LogP contribution in [0.4, 0.5) is 0 Å². The molecule has 0 aliphatic rings. The third-order valence-corrected chi connectivity index (χ3v) is 2.32. The standard InChI is InChI=1S/C12H7N2O/c1-2-4-10-7-11(6-5-9(10)3-1)12-14-13-8-15-12/h1-7H. The summed E-state index contributed by atoms with van der Waals surface area (Å²) in [5, 5.41) is 9.72. The topological polar surface area (TPSA) is 38.9 Å². The number of nitrogens with zero attached hydrogens (tertiary/aromatic N) is 2. The van der Waals surface area contributed by atoms with Crippen molar-refractivity contribution in [2.45, 2.75) is 0 Å². The van der Waals surface area contributed by atoms with Gasteiger partial charge in [0.15, 0.2) is 0 Å². The Hall–Kier alpha value is -2.16. The summed E-state index contributed by atoms with van der Waals surface area (Å²) in [5.74, 6) is 0.501. The molecule has 1 heterocycles. The molecule has 0 fully saturated rings. The molecule has 3 heteroatoms. The first-order valence-corrected chi connectivity index (χ1v) is 4.62. The van der Waals surface area contributed by atoms with Crippen LogP contribution < -0.4 is 0 Å². The second-order valence-electron chi connectivity index (χ2n) is 3.26. The predicted octanol–water partition coefficient (Wildman–Crippen LogP) is 2.69. The maximum absolute atomic E-state index is 5.02. The molecule has 0 atom stereocenters. The van der Waals surface area contributed by atoms with Crippen LogP contribution in [0.1, 0.15) is 0 Å². The fourth-order valence-corrected chi connectivity index (χ4v) is 1.59. The highest BCUT2D eigenvalue weighted by Crippen LogP contribution is 2.22. The Kier molecular flexibility index (Phi) is 1.75. The smallest absolute Gasteiger partial charge is 0.306 e. The molecule has 0 unspecified atom stereocenters. The van der Waals surface area contributed by atoms with Crippen molar-refractivity contribution in [3.63, 3.8) is 0 Å². The summed E-state index contributed by atoms with van der Waals surface area (Å²) in [6.07, 6.45) is 2.34. The maximum atomic E-state index is 5.02. The van der Waals surface area contributed by atoms with Crippen LogP contribution in [-0.2, 0) is 0 Å². The molecule has 3 aromatic rings. The number of aromatic nitrogens is 2. The van der Waals surface area contributed by atoms with Crippen molar-refractivity contribution in [3.05, 3.63) is 48.9 Å². The molecule has 3 rings (SSSR count). The Balaban J connectivity index is 2.22. The second-order valence-corrected chi connectivity index (χ2v) is 3.26. The highest BCUT2D eigenvalue weighted by atomic mass is 16.4. The molecule has 0 amide bonds. The van der Waals surface area contributed by atoms with Gasteiger partial charge >= 0.3 is 6.39 Å². The van der Waals surface area contributed by atoms with Crippen LogP contribution in [0.15, 0.2) is 46.9 Å². The van der Waals surface area contributed by atoms with Gasteiger partial charge in [0.2, 0.25) is 5.89 Å². The van der Waals surface area contributed by atoms with E-state index >= 15 is 0 Å². The van der Waals surface area contributed by atoms with Gasteiger partial charge in [-0.3, -0.25) is 0 Å². The van der Waals surface area contributed by atoms with Crippen molar-refractivity contribution >= 4 is 10.8 Å². The van der Waals surface area contributed by atoms with Crippen LogP contribution in [0.5, 0.6) is 0 Å². The lowest BCUT2D eigenvalue weighted by Crippen LogP contribution is -1.78. The van der Waals surface area contributed by atoms with Crippen molar-refractivity contribution in [3.8, 4) is 11.5 Å². The number of hydrogen-bond acceptors (Lipinski definition) is 3. The molecule has 0 aliphatic heterocycles. The average Bonchev–Trinajstić information content (AvgIpc) is 2.82. The Morgan fingerprint density at radius 2 is 1.87 bits per heavy atom. The largest absolute Gasteiger partial charge is 0.412 e. The summed E-state index contributed by atoms with van der Waals surface area (Å²) in [6, 6.07) is 14.2. The summed E-state index contributed by atoms with van der Waals surface area (Å²) < 4.78 is 5.02. The zero-order valence-electron chi connectivity index (χ0n) is 7.84. The van der Waals surface area contributed by atoms with Crippen LogP contribution in [0.2, 0.25) is 0 Å². The molecule has 0 spiro atoms. The molecule has 0 N–H and O–H groups in total. The van der Waals surface area contributed by atoms with E-state index in [9.17, 15) is 0 Å². The van der Waals surface area contributed by atoms with E-state index in [0.717, 1.165) is 10.9 Å². The van der Waals surface area contributed by atoms with Crippen LogP contribution in [-0.4, -0.2) is 10.2 Å². The monoisotopic (exact) mass is 195 g/mol. The predicted molar refractivity (Wildman–Crippen MR) is 56.1 cm³/mol. The van der Waals surface area contributed by atoms with E-state index in [1.807, 2.05) is 30.3 Å². The van der Waals surface area contributed by atoms with Gasteiger partial charge in [0.25, 0.3) is 0 Å². The molecule has 0 saturated heterocycles. The molecular weight excluding hydrogens is 188 g/mol. The lowest BCUT2D eigenvalue weighted by atomic mass is 10.1. The number of benzene rings is 2. The molecule has 0 saturated carbocycles. The minimum atomic E-state index is 0.501. The zero-order valence-corrected chi connectivity index (χ0v) is 7.84. The quantitative estimate of drug-likeness (QED) is 0.599. The highest BCUT2D eigenvalue weighted by molar-refractivity contribution is 5.86. The average molecular weight is 195 g/mol. The van der Waals surface area contributed by atoms with Gasteiger partial charge in [-0.25, -0.2) is 0 Å². The maximum Gasteiger partial charge on any atom is 0.306 e. The van der Waals surface area contributed by atoms with Gasteiger partial charge in [-0.15, -0.1) is 10.2 Å². The lowest BCUT2D eigenvalue weighted by molar-refractivity contribution is 0.559. The molecule has 0 bridgehead atoms. The van der Waals surface area contributed by atoms with Crippen LogP contribution in [0.25, 0.3) is 22.2 Å². The SMILES string of the molecule is [c]1nnc(-c2ccc3ccccc3c2)o1. The van der Waals surface area contributed by atoms with E-state index in [4.69, 9.17) is 4.42 Å². The van der Waals surface area contributed by atoms with Crippen molar-refractivity contribution in [2.24, 2.45) is 0 Å². The van der Waals surface area contributed by atoms with Crippen molar-refractivity contribution in [2.75, 3.05) is 0 Å². The number of hydrogen-bond donors (Lipinski definition) is 0. The summed E-state index contributed by atoms with van der Waals surface area (Å²) in [6.45, 7) is 0. The van der Waals surface area contributed by atoms with E-state index in [0.29, 0.717) is 5.89 Å². The van der Waals surface area contributed by atoms with Gasteiger partial charge in [0.1, 0.15) is 0 Å². The molecule has 1 radical (unpaired) electrons. The molecule has 2 aromatic carbocycles. The van der Waals surface area contributed by atoms with Crippen molar-refractivity contribution in [1.82, 2.24) is 10.2 Å². The first kappa shape index (κ1) is 8.17.